The van der Waals surface area contributed by atoms with E-state index < -0.39 is 5.97 Å². The average molecular weight is 308 g/mol. The number of aliphatic carboxylic acids is 1. The van der Waals surface area contributed by atoms with E-state index in [1.807, 2.05) is 30.0 Å². The highest BCUT2D eigenvalue weighted by Gasteiger charge is 2.15. The third-order valence-corrected chi connectivity index (χ3v) is 4.46. The number of hydrogen-bond acceptors (Lipinski definition) is 4. The number of carboxylic acids is 1. The van der Waals surface area contributed by atoms with Gasteiger partial charge in [0.05, 0.1) is 13.2 Å². The summed E-state index contributed by atoms with van der Waals surface area (Å²) in [4.78, 5) is 10.7. The zero-order valence-corrected chi connectivity index (χ0v) is 12.9. The fourth-order valence-corrected chi connectivity index (χ4v) is 3.35. The van der Waals surface area contributed by atoms with Gasteiger partial charge in [-0.1, -0.05) is 6.07 Å². The monoisotopic (exact) mass is 308 g/mol. The summed E-state index contributed by atoms with van der Waals surface area (Å²) in [6, 6.07) is 5.69. The average Bonchev–Trinajstić information content (AvgIpc) is 2.99. The Hall–Kier alpha value is -1.46. The smallest absolute Gasteiger partial charge is 0.328 e. The molecular weight excluding hydrogens is 288 g/mol. The van der Waals surface area contributed by atoms with Crippen molar-refractivity contribution in [1.29, 1.82) is 0 Å². The maximum absolute atomic E-state index is 10.7. The molecule has 0 spiro atoms. The standard InChI is InChI=1S/C16H20O4S/c1-19-14-6-4-12(5-7-16(17)18)13(9-14)10-21-11-15-3-2-8-20-15/h4-7,9,15H,2-3,8,10-11H2,1H3,(H,17,18)/b7-5+. The molecule has 0 aromatic heterocycles. The van der Waals surface area contributed by atoms with Crippen LogP contribution in [0.1, 0.15) is 24.0 Å². The minimum Gasteiger partial charge on any atom is -0.497 e. The molecule has 1 unspecified atom stereocenters. The van der Waals surface area contributed by atoms with Gasteiger partial charge in [0.15, 0.2) is 0 Å². The molecule has 1 aliphatic heterocycles. The van der Waals surface area contributed by atoms with E-state index in [0.717, 1.165) is 53.9 Å². The zero-order valence-electron chi connectivity index (χ0n) is 12.1. The van der Waals surface area contributed by atoms with Gasteiger partial charge in [-0.15, -0.1) is 0 Å². The van der Waals surface area contributed by atoms with Gasteiger partial charge in [0, 0.05) is 24.2 Å². The minimum atomic E-state index is -0.941. The number of thioether (sulfide) groups is 1. The summed E-state index contributed by atoms with van der Waals surface area (Å²) < 4.78 is 10.8. The molecule has 0 bridgehead atoms. The first-order valence-corrected chi connectivity index (χ1v) is 8.12. The third kappa shape index (κ3) is 5.10. The summed E-state index contributed by atoms with van der Waals surface area (Å²) >= 11 is 1.81. The number of ether oxygens (including phenoxy) is 2. The SMILES string of the molecule is COc1ccc(/C=C/C(=O)O)c(CSCC2CCCO2)c1. The lowest BCUT2D eigenvalue weighted by molar-refractivity contribution is -0.131. The van der Waals surface area contributed by atoms with Crippen LogP contribution in [-0.2, 0) is 15.3 Å². The van der Waals surface area contributed by atoms with Crippen LogP contribution in [0.4, 0.5) is 0 Å². The normalized spacial score (nSPS) is 18.2. The molecule has 0 aliphatic carbocycles. The molecule has 1 aliphatic rings. The first kappa shape index (κ1) is 15.9. The summed E-state index contributed by atoms with van der Waals surface area (Å²) in [6.07, 6.45) is 5.44. The molecule has 2 rings (SSSR count). The Kier molecular flexibility index (Phi) is 6.14. The van der Waals surface area contributed by atoms with Crippen molar-refractivity contribution < 1.29 is 19.4 Å². The Morgan fingerprint density at radius 3 is 3.10 bits per heavy atom. The van der Waals surface area contributed by atoms with Crippen molar-refractivity contribution in [2.24, 2.45) is 0 Å². The number of methoxy groups -OCH3 is 1. The number of carboxylic acid groups (broad SMARTS) is 1. The predicted octanol–water partition coefficient (Wildman–Crippen LogP) is 3.21. The Morgan fingerprint density at radius 1 is 1.57 bits per heavy atom. The number of carbonyl (C=O) groups is 1. The van der Waals surface area contributed by atoms with Gasteiger partial charge in [-0.3, -0.25) is 0 Å². The quantitative estimate of drug-likeness (QED) is 0.784. The number of rotatable bonds is 7. The van der Waals surface area contributed by atoms with Crippen LogP contribution in [0.5, 0.6) is 5.75 Å². The Labute approximate surface area is 129 Å². The largest absolute Gasteiger partial charge is 0.497 e. The van der Waals surface area contributed by atoms with Crippen molar-refractivity contribution in [2.75, 3.05) is 19.5 Å². The molecule has 1 aromatic carbocycles. The van der Waals surface area contributed by atoms with Crippen LogP contribution in [0.15, 0.2) is 24.3 Å². The van der Waals surface area contributed by atoms with E-state index in [1.54, 1.807) is 13.2 Å². The van der Waals surface area contributed by atoms with Gasteiger partial charge in [-0.05, 0) is 42.2 Å². The molecule has 0 saturated carbocycles. The molecule has 1 N–H and O–H groups in total. The van der Waals surface area contributed by atoms with Gasteiger partial charge in [0.1, 0.15) is 5.75 Å². The molecule has 1 heterocycles. The van der Waals surface area contributed by atoms with Crippen molar-refractivity contribution in [2.45, 2.75) is 24.7 Å². The van der Waals surface area contributed by atoms with Gasteiger partial charge in [-0.2, -0.15) is 11.8 Å². The molecule has 21 heavy (non-hydrogen) atoms. The molecule has 1 saturated heterocycles. The number of benzene rings is 1. The molecule has 114 valence electrons. The maximum atomic E-state index is 10.7. The summed E-state index contributed by atoms with van der Waals surface area (Å²) in [5.41, 5.74) is 1.99. The van der Waals surface area contributed by atoms with E-state index in [4.69, 9.17) is 14.6 Å². The summed E-state index contributed by atoms with van der Waals surface area (Å²) in [5.74, 6) is 1.63. The minimum absolute atomic E-state index is 0.360. The highest BCUT2D eigenvalue weighted by molar-refractivity contribution is 7.98. The van der Waals surface area contributed by atoms with Crippen LogP contribution in [0, 0.1) is 0 Å². The fourth-order valence-electron chi connectivity index (χ4n) is 2.23. The first-order chi connectivity index (χ1) is 10.2. The second-order valence-corrected chi connectivity index (χ2v) is 5.92. The lowest BCUT2D eigenvalue weighted by atomic mass is 10.1. The lowest BCUT2D eigenvalue weighted by Crippen LogP contribution is -2.08. The number of hydrogen-bond donors (Lipinski definition) is 1. The molecule has 1 aromatic rings. The second kappa shape index (κ2) is 8.10. The van der Waals surface area contributed by atoms with Crippen molar-refractivity contribution >= 4 is 23.8 Å². The highest BCUT2D eigenvalue weighted by Crippen LogP contribution is 2.25. The maximum Gasteiger partial charge on any atom is 0.328 e. The van der Waals surface area contributed by atoms with E-state index in [1.165, 1.54) is 0 Å². The molecular formula is C16H20O4S. The molecule has 1 fully saturated rings. The van der Waals surface area contributed by atoms with E-state index in [-0.39, 0.29) is 0 Å². The zero-order chi connectivity index (χ0) is 15.1. The topological polar surface area (TPSA) is 55.8 Å². The van der Waals surface area contributed by atoms with Gasteiger partial charge in [-0.25, -0.2) is 4.79 Å². The first-order valence-electron chi connectivity index (χ1n) is 6.96. The van der Waals surface area contributed by atoms with Crippen LogP contribution in [0.2, 0.25) is 0 Å². The fraction of sp³-hybridized carbons (Fsp3) is 0.438. The van der Waals surface area contributed by atoms with Crippen LogP contribution in [-0.4, -0.2) is 36.6 Å². The summed E-state index contributed by atoms with van der Waals surface area (Å²) in [6.45, 7) is 0.872. The van der Waals surface area contributed by atoms with E-state index in [0.29, 0.717) is 6.10 Å². The lowest BCUT2D eigenvalue weighted by Gasteiger charge is -2.11. The van der Waals surface area contributed by atoms with E-state index in [9.17, 15) is 4.79 Å². The Balaban J connectivity index is 2.01. The van der Waals surface area contributed by atoms with E-state index in [2.05, 4.69) is 0 Å². The highest BCUT2D eigenvalue weighted by atomic mass is 32.2. The Bertz CT molecular complexity index is 507. The summed E-state index contributed by atoms with van der Waals surface area (Å²) in [5, 5.41) is 8.75. The van der Waals surface area contributed by atoms with Crippen LogP contribution < -0.4 is 4.74 Å². The van der Waals surface area contributed by atoms with Crippen molar-refractivity contribution in [3.63, 3.8) is 0 Å². The van der Waals surface area contributed by atoms with Crippen molar-refractivity contribution in [1.82, 2.24) is 0 Å². The molecule has 0 radical (unpaired) electrons. The summed E-state index contributed by atoms with van der Waals surface area (Å²) in [7, 11) is 1.63. The van der Waals surface area contributed by atoms with Gasteiger partial charge in [0.2, 0.25) is 0 Å². The molecule has 5 heteroatoms. The second-order valence-electron chi connectivity index (χ2n) is 4.89. The van der Waals surface area contributed by atoms with Gasteiger partial charge >= 0.3 is 5.97 Å². The van der Waals surface area contributed by atoms with Gasteiger partial charge < -0.3 is 14.6 Å². The van der Waals surface area contributed by atoms with Crippen LogP contribution in [0.3, 0.4) is 0 Å². The molecule has 4 nitrogen and oxygen atoms in total. The van der Waals surface area contributed by atoms with Crippen LogP contribution >= 0.6 is 11.8 Å². The van der Waals surface area contributed by atoms with E-state index >= 15 is 0 Å². The van der Waals surface area contributed by atoms with Crippen molar-refractivity contribution in [3.05, 3.63) is 35.4 Å². The predicted molar refractivity (Wildman–Crippen MR) is 84.8 cm³/mol. The molecule has 1 atom stereocenters. The van der Waals surface area contributed by atoms with Gasteiger partial charge in [0.25, 0.3) is 0 Å². The van der Waals surface area contributed by atoms with Crippen molar-refractivity contribution in [3.8, 4) is 5.75 Å². The third-order valence-electron chi connectivity index (χ3n) is 3.34. The molecule has 0 amide bonds. The van der Waals surface area contributed by atoms with Crippen LogP contribution in [0.25, 0.3) is 6.08 Å². The Morgan fingerprint density at radius 2 is 2.43 bits per heavy atom.